The smallest absolute Gasteiger partial charge is 0.212 e. The van der Waals surface area contributed by atoms with E-state index in [1.165, 1.54) is 24.2 Å². The van der Waals surface area contributed by atoms with Gasteiger partial charge in [-0.05, 0) is 30.9 Å². The molecule has 22 heavy (non-hydrogen) atoms. The highest BCUT2D eigenvalue weighted by atomic mass is 35.5. The Bertz CT molecular complexity index is 623. The van der Waals surface area contributed by atoms with Gasteiger partial charge in [0.2, 0.25) is 5.13 Å². The molecule has 0 aliphatic heterocycles. The Hall–Kier alpha value is -1.28. The van der Waals surface area contributed by atoms with Crippen LogP contribution in [0.4, 0.5) is 5.13 Å². The zero-order valence-electron chi connectivity index (χ0n) is 11.8. The molecule has 2 heterocycles. The molecule has 122 valence electrons. The van der Waals surface area contributed by atoms with Crippen molar-refractivity contribution in [2.24, 2.45) is 22.4 Å². The molecular formula is C13H19Cl2N5OS. The third-order valence-corrected chi connectivity index (χ3v) is 3.83. The third-order valence-electron chi connectivity index (χ3n) is 3.09. The summed E-state index contributed by atoms with van der Waals surface area (Å²) in [6.45, 7) is 1.28. The van der Waals surface area contributed by atoms with E-state index in [1.807, 2.05) is 17.5 Å². The maximum absolute atomic E-state index is 5.82. The summed E-state index contributed by atoms with van der Waals surface area (Å²) in [4.78, 5) is 8.64. The normalized spacial score (nSPS) is 14.1. The number of halogens is 2. The topological polar surface area (TPSA) is 102 Å². The fourth-order valence-electron chi connectivity index (χ4n) is 1.77. The highest BCUT2D eigenvalue weighted by Crippen LogP contribution is 2.29. The summed E-state index contributed by atoms with van der Waals surface area (Å²) in [7, 11) is 0. The number of rotatable bonds is 5. The molecule has 0 bridgehead atoms. The lowest BCUT2D eigenvalue weighted by Gasteiger charge is -2.01. The first-order valence-corrected chi connectivity index (χ1v) is 7.45. The maximum Gasteiger partial charge on any atom is 0.212 e. The summed E-state index contributed by atoms with van der Waals surface area (Å²) >= 11 is 1.43. The van der Waals surface area contributed by atoms with Crippen molar-refractivity contribution in [2.45, 2.75) is 19.4 Å². The van der Waals surface area contributed by atoms with Crippen molar-refractivity contribution < 1.29 is 4.42 Å². The van der Waals surface area contributed by atoms with Gasteiger partial charge in [-0.1, -0.05) is 0 Å². The summed E-state index contributed by atoms with van der Waals surface area (Å²) in [5, 5.41) is 5.62. The first kappa shape index (κ1) is 18.8. The highest BCUT2D eigenvalue weighted by molar-refractivity contribution is 7.13. The molecule has 0 spiro atoms. The van der Waals surface area contributed by atoms with Crippen LogP contribution in [0.1, 0.15) is 18.6 Å². The minimum absolute atomic E-state index is 0. The van der Waals surface area contributed by atoms with Crippen molar-refractivity contribution in [2.75, 3.05) is 6.54 Å². The van der Waals surface area contributed by atoms with Gasteiger partial charge in [0, 0.05) is 11.9 Å². The van der Waals surface area contributed by atoms with E-state index in [1.54, 1.807) is 0 Å². The Morgan fingerprint density at radius 3 is 2.82 bits per heavy atom. The van der Waals surface area contributed by atoms with E-state index in [9.17, 15) is 0 Å². The Morgan fingerprint density at radius 1 is 1.41 bits per heavy atom. The number of thiazole rings is 1. The summed E-state index contributed by atoms with van der Waals surface area (Å²) in [6.07, 6.45) is 2.56. The van der Waals surface area contributed by atoms with Gasteiger partial charge in [0.25, 0.3) is 0 Å². The number of hydrogen-bond acceptors (Lipinski definition) is 5. The summed E-state index contributed by atoms with van der Waals surface area (Å²) in [5.41, 5.74) is 12.1. The molecule has 0 radical (unpaired) electrons. The van der Waals surface area contributed by atoms with Crippen LogP contribution in [0.3, 0.4) is 0 Å². The lowest BCUT2D eigenvalue weighted by Crippen LogP contribution is -2.32. The Labute approximate surface area is 145 Å². The van der Waals surface area contributed by atoms with Gasteiger partial charge < -0.3 is 21.2 Å². The number of aromatic nitrogens is 1. The van der Waals surface area contributed by atoms with Crippen molar-refractivity contribution in [3.05, 3.63) is 23.3 Å². The number of aliphatic imine (C=N–C) groups is 1. The Balaban J connectivity index is 0.00000121. The predicted molar refractivity (Wildman–Crippen MR) is 94.2 cm³/mol. The van der Waals surface area contributed by atoms with E-state index in [0.717, 1.165) is 23.9 Å². The van der Waals surface area contributed by atoms with Gasteiger partial charge in [-0.15, -0.1) is 36.2 Å². The molecule has 0 amide bonds. The van der Waals surface area contributed by atoms with Crippen LogP contribution in [0.15, 0.2) is 26.9 Å². The second-order valence-corrected chi connectivity index (χ2v) is 5.64. The maximum atomic E-state index is 5.82. The largest absolute Gasteiger partial charge is 0.458 e. The van der Waals surface area contributed by atoms with Crippen molar-refractivity contribution in [1.29, 1.82) is 0 Å². The highest BCUT2D eigenvalue weighted by Gasteiger charge is 2.20. The van der Waals surface area contributed by atoms with Gasteiger partial charge in [-0.3, -0.25) is 0 Å². The second kappa shape index (κ2) is 8.38. The van der Waals surface area contributed by atoms with Crippen molar-refractivity contribution in [1.82, 2.24) is 10.3 Å². The van der Waals surface area contributed by atoms with Crippen LogP contribution in [0.2, 0.25) is 0 Å². The molecule has 0 aromatic carbocycles. The van der Waals surface area contributed by atoms with Crippen molar-refractivity contribution in [3.63, 3.8) is 0 Å². The molecule has 2 aromatic heterocycles. The van der Waals surface area contributed by atoms with E-state index < -0.39 is 0 Å². The molecular weight excluding hydrogens is 345 g/mol. The SMILES string of the molecule is Cl.Cl.NCc1ccc(-c2csc(/N=C(\N)NCC3CC3)n2)o1. The molecule has 1 aliphatic rings. The summed E-state index contributed by atoms with van der Waals surface area (Å²) < 4.78 is 5.55. The zero-order chi connectivity index (χ0) is 13.9. The molecule has 6 nitrogen and oxygen atoms in total. The quantitative estimate of drug-likeness (QED) is 0.559. The van der Waals surface area contributed by atoms with Crippen molar-refractivity contribution >= 4 is 47.2 Å². The molecule has 1 aliphatic carbocycles. The van der Waals surface area contributed by atoms with E-state index in [-0.39, 0.29) is 24.8 Å². The molecule has 2 aromatic rings. The van der Waals surface area contributed by atoms with Gasteiger partial charge in [-0.25, -0.2) is 4.98 Å². The zero-order valence-corrected chi connectivity index (χ0v) is 14.3. The first-order valence-electron chi connectivity index (χ1n) is 6.57. The van der Waals surface area contributed by atoms with Gasteiger partial charge in [0.1, 0.15) is 11.5 Å². The van der Waals surface area contributed by atoms with Crippen LogP contribution in [0, 0.1) is 5.92 Å². The fourth-order valence-corrected chi connectivity index (χ4v) is 2.46. The summed E-state index contributed by atoms with van der Waals surface area (Å²) in [6, 6.07) is 3.71. The molecule has 0 unspecified atom stereocenters. The Kier molecular flexibility index (Phi) is 7.15. The lowest BCUT2D eigenvalue weighted by molar-refractivity contribution is 0.524. The van der Waals surface area contributed by atoms with Crippen LogP contribution in [-0.4, -0.2) is 17.5 Å². The summed E-state index contributed by atoms with van der Waals surface area (Å²) in [5.74, 6) is 2.62. The molecule has 0 atom stereocenters. The monoisotopic (exact) mass is 363 g/mol. The molecule has 1 saturated carbocycles. The van der Waals surface area contributed by atoms with Crippen molar-refractivity contribution in [3.8, 4) is 11.5 Å². The number of nitrogens with one attached hydrogen (secondary N) is 1. The third kappa shape index (κ3) is 4.88. The van der Waals surface area contributed by atoms with Gasteiger partial charge in [0.05, 0.1) is 6.54 Å². The average Bonchev–Trinajstić information content (AvgIpc) is 2.96. The number of nitrogens with two attached hydrogens (primary N) is 2. The molecule has 0 saturated heterocycles. The van der Waals surface area contributed by atoms with Crippen LogP contribution in [-0.2, 0) is 6.54 Å². The molecule has 1 fully saturated rings. The fraction of sp³-hybridized carbons (Fsp3) is 0.385. The van der Waals surface area contributed by atoms with E-state index in [4.69, 9.17) is 15.9 Å². The number of furan rings is 1. The minimum Gasteiger partial charge on any atom is -0.458 e. The van der Waals surface area contributed by atoms with E-state index in [2.05, 4.69) is 15.3 Å². The lowest BCUT2D eigenvalue weighted by atomic mass is 10.3. The van der Waals surface area contributed by atoms with E-state index >= 15 is 0 Å². The first-order chi connectivity index (χ1) is 9.74. The van der Waals surface area contributed by atoms with Crippen LogP contribution in [0.5, 0.6) is 0 Å². The Morgan fingerprint density at radius 2 is 2.18 bits per heavy atom. The molecule has 9 heteroatoms. The number of guanidine groups is 1. The number of nitrogens with zero attached hydrogens (tertiary/aromatic N) is 2. The van der Waals surface area contributed by atoms with Gasteiger partial charge in [-0.2, -0.15) is 4.99 Å². The second-order valence-electron chi connectivity index (χ2n) is 4.81. The van der Waals surface area contributed by atoms with Gasteiger partial charge >= 0.3 is 0 Å². The van der Waals surface area contributed by atoms with E-state index in [0.29, 0.717) is 23.4 Å². The number of hydrogen-bond donors (Lipinski definition) is 3. The predicted octanol–water partition coefficient (Wildman–Crippen LogP) is 2.65. The van der Waals surface area contributed by atoms with Crippen LogP contribution >= 0.6 is 36.2 Å². The molecule has 5 N–H and O–H groups in total. The average molecular weight is 364 g/mol. The minimum atomic E-state index is 0. The van der Waals surface area contributed by atoms with Gasteiger partial charge in [0.15, 0.2) is 11.7 Å². The van der Waals surface area contributed by atoms with Crippen LogP contribution in [0.25, 0.3) is 11.5 Å². The van der Waals surface area contributed by atoms with Crippen LogP contribution < -0.4 is 16.8 Å². The molecule has 3 rings (SSSR count). The standard InChI is InChI=1S/C13H17N5OS.2ClH/c14-5-9-3-4-11(19-9)10-7-20-13(17-10)18-12(15)16-6-8-1-2-8;;/h3-4,7-8H,1-2,5-6,14H2,(H3,15,16,17,18);2*1H.